The third-order valence-electron chi connectivity index (χ3n) is 3.69. The van der Waals surface area contributed by atoms with Gasteiger partial charge in [-0.15, -0.1) is 0 Å². The Hall–Kier alpha value is -0.180. The van der Waals surface area contributed by atoms with Crippen LogP contribution in [-0.4, -0.2) is 16.4 Å². The largest absolute Gasteiger partial charge is 0.299 e. The predicted molar refractivity (Wildman–Crippen MR) is 52.8 cm³/mol. The summed E-state index contributed by atoms with van der Waals surface area (Å²) >= 11 is 3.42. The maximum Gasteiger partial charge on any atom is 0.146 e. The lowest BCUT2D eigenvalue weighted by atomic mass is 9.69. The van der Waals surface area contributed by atoms with Gasteiger partial charge < -0.3 is 0 Å². The van der Waals surface area contributed by atoms with Crippen molar-refractivity contribution < 1.29 is 9.59 Å². The molecule has 2 saturated carbocycles. The van der Waals surface area contributed by atoms with E-state index in [1.807, 2.05) is 6.92 Å². The van der Waals surface area contributed by atoms with Gasteiger partial charge in [-0.2, -0.15) is 0 Å². The molecule has 0 aromatic rings. The van der Waals surface area contributed by atoms with Crippen LogP contribution in [0.4, 0.5) is 0 Å². The molecule has 0 aromatic heterocycles. The van der Waals surface area contributed by atoms with Crippen LogP contribution in [0.1, 0.15) is 32.6 Å². The fraction of sp³-hybridized carbons (Fsp3) is 0.800. The van der Waals surface area contributed by atoms with Gasteiger partial charge in [-0.25, -0.2) is 0 Å². The molecule has 2 nitrogen and oxygen atoms in total. The Morgan fingerprint density at radius 1 is 1.38 bits per heavy atom. The van der Waals surface area contributed by atoms with Gasteiger partial charge in [0.2, 0.25) is 0 Å². The molecule has 0 amide bonds. The Balaban J connectivity index is 2.31. The fourth-order valence-electron chi connectivity index (χ4n) is 2.64. The molecule has 2 aliphatic rings. The second-order valence-corrected chi connectivity index (χ2v) is 5.34. The summed E-state index contributed by atoms with van der Waals surface area (Å²) in [7, 11) is 0. The number of Topliss-reactive ketones (excluding diaryl/α,β-unsaturated/α-hetero) is 2. The summed E-state index contributed by atoms with van der Waals surface area (Å²) in [5.74, 6) is 0.882. The number of carbonyl (C=O) groups is 2. The van der Waals surface area contributed by atoms with Gasteiger partial charge >= 0.3 is 0 Å². The quantitative estimate of drug-likeness (QED) is 0.612. The Bertz CT molecular complexity index is 274. The maximum atomic E-state index is 11.7. The van der Waals surface area contributed by atoms with E-state index in [0.29, 0.717) is 18.6 Å². The molecule has 3 unspecified atom stereocenters. The highest BCUT2D eigenvalue weighted by molar-refractivity contribution is 9.10. The summed E-state index contributed by atoms with van der Waals surface area (Å²) in [6.07, 6.45) is 2.87. The van der Waals surface area contributed by atoms with Gasteiger partial charge in [0.1, 0.15) is 11.6 Å². The SMILES string of the molecule is CC12CCC(=O)C(Br)C1CCC2=O. The molecule has 2 fully saturated rings. The van der Waals surface area contributed by atoms with Crippen LogP contribution in [0, 0.1) is 11.3 Å². The number of rotatable bonds is 0. The number of hydrogen-bond acceptors (Lipinski definition) is 2. The number of alkyl halides is 1. The number of fused-ring (bicyclic) bond motifs is 1. The molecule has 0 aromatic carbocycles. The Labute approximate surface area is 86.2 Å². The third kappa shape index (κ3) is 1.20. The molecule has 0 aliphatic heterocycles. The van der Waals surface area contributed by atoms with Crippen molar-refractivity contribution in [2.45, 2.75) is 37.4 Å². The van der Waals surface area contributed by atoms with E-state index >= 15 is 0 Å². The lowest BCUT2D eigenvalue weighted by molar-refractivity contribution is -0.131. The molecule has 13 heavy (non-hydrogen) atoms. The Morgan fingerprint density at radius 2 is 2.08 bits per heavy atom. The normalized spacial score (nSPS) is 45.1. The van der Waals surface area contributed by atoms with Crippen LogP contribution in [-0.2, 0) is 9.59 Å². The van der Waals surface area contributed by atoms with Crippen LogP contribution in [0.2, 0.25) is 0 Å². The molecule has 0 radical (unpaired) electrons. The average molecular weight is 245 g/mol. The van der Waals surface area contributed by atoms with Crippen molar-refractivity contribution >= 4 is 27.5 Å². The van der Waals surface area contributed by atoms with E-state index in [0.717, 1.165) is 12.8 Å². The van der Waals surface area contributed by atoms with Crippen molar-refractivity contribution in [1.29, 1.82) is 0 Å². The summed E-state index contributed by atoms with van der Waals surface area (Å²) in [6.45, 7) is 2.02. The molecule has 0 N–H and O–H groups in total. The van der Waals surface area contributed by atoms with E-state index in [9.17, 15) is 9.59 Å². The van der Waals surface area contributed by atoms with E-state index < -0.39 is 0 Å². The molecule has 0 saturated heterocycles. The Kier molecular flexibility index (Phi) is 2.10. The zero-order valence-electron chi connectivity index (χ0n) is 7.68. The van der Waals surface area contributed by atoms with E-state index in [-0.39, 0.29) is 21.9 Å². The lowest BCUT2D eigenvalue weighted by Crippen LogP contribution is -2.42. The summed E-state index contributed by atoms with van der Waals surface area (Å²) in [5.41, 5.74) is -0.206. The smallest absolute Gasteiger partial charge is 0.146 e. The summed E-state index contributed by atoms with van der Waals surface area (Å²) in [6, 6.07) is 0. The molecule has 3 heteroatoms. The van der Waals surface area contributed by atoms with Gasteiger partial charge in [-0.05, 0) is 18.8 Å². The van der Waals surface area contributed by atoms with Crippen molar-refractivity contribution in [3.05, 3.63) is 0 Å². The zero-order valence-corrected chi connectivity index (χ0v) is 9.26. The van der Waals surface area contributed by atoms with Gasteiger partial charge in [-0.3, -0.25) is 9.59 Å². The van der Waals surface area contributed by atoms with Crippen molar-refractivity contribution in [3.8, 4) is 0 Å². The minimum atomic E-state index is -0.206. The summed E-state index contributed by atoms with van der Waals surface area (Å²) < 4.78 is 0. The third-order valence-corrected chi connectivity index (χ3v) is 4.84. The summed E-state index contributed by atoms with van der Waals surface area (Å²) in [5, 5.41) is 0. The molecule has 0 spiro atoms. The van der Waals surface area contributed by atoms with Gasteiger partial charge in [0.15, 0.2) is 0 Å². The Morgan fingerprint density at radius 3 is 2.77 bits per heavy atom. The standard InChI is InChI=1S/C10H13BrO2/c1-10-5-4-7(12)9(11)6(10)2-3-8(10)13/h6,9H,2-5H2,1H3. The highest BCUT2D eigenvalue weighted by Crippen LogP contribution is 2.50. The first kappa shape index (κ1) is 9.38. The second-order valence-electron chi connectivity index (χ2n) is 4.35. The molecule has 0 bridgehead atoms. The first-order valence-corrected chi connectivity index (χ1v) is 5.67. The fourth-order valence-corrected chi connectivity index (χ4v) is 3.71. The van der Waals surface area contributed by atoms with Crippen LogP contribution >= 0.6 is 15.9 Å². The maximum absolute atomic E-state index is 11.7. The van der Waals surface area contributed by atoms with Crippen LogP contribution in [0.15, 0.2) is 0 Å². The van der Waals surface area contributed by atoms with Crippen LogP contribution in [0.5, 0.6) is 0 Å². The van der Waals surface area contributed by atoms with Gasteiger partial charge in [0.05, 0.1) is 4.83 Å². The number of halogens is 1. The van der Waals surface area contributed by atoms with E-state index in [1.54, 1.807) is 0 Å². The molecule has 2 rings (SSSR count). The molecule has 72 valence electrons. The van der Waals surface area contributed by atoms with Gasteiger partial charge in [-0.1, -0.05) is 22.9 Å². The van der Waals surface area contributed by atoms with Crippen LogP contribution < -0.4 is 0 Å². The minimum Gasteiger partial charge on any atom is -0.299 e. The van der Waals surface area contributed by atoms with Crippen molar-refractivity contribution in [1.82, 2.24) is 0 Å². The zero-order chi connectivity index (χ0) is 9.64. The number of ketones is 2. The van der Waals surface area contributed by atoms with Gasteiger partial charge in [0, 0.05) is 18.3 Å². The van der Waals surface area contributed by atoms with Gasteiger partial charge in [0.25, 0.3) is 0 Å². The molecule has 3 atom stereocenters. The van der Waals surface area contributed by atoms with Crippen molar-refractivity contribution in [2.24, 2.45) is 11.3 Å². The first-order valence-electron chi connectivity index (χ1n) is 4.76. The van der Waals surface area contributed by atoms with E-state index in [2.05, 4.69) is 15.9 Å². The van der Waals surface area contributed by atoms with Crippen LogP contribution in [0.25, 0.3) is 0 Å². The minimum absolute atomic E-state index is 0.0716. The number of hydrogen-bond donors (Lipinski definition) is 0. The van der Waals surface area contributed by atoms with E-state index in [4.69, 9.17) is 0 Å². The predicted octanol–water partition coefficient (Wildman–Crippen LogP) is 2.10. The first-order chi connectivity index (χ1) is 6.05. The van der Waals surface area contributed by atoms with Crippen LogP contribution in [0.3, 0.4) is 0 Å². The molecular weight excluding hydrogens is 232 g/mol. The second kappa shape index (κ2) is 2.91. The molecule has 0 heterocycles. The highest BCUT2D eigenvalue weighted by Gasteiger charge is 2.52. The number of carbonyl (C=O) groups excluding carboxylic acids is 2. The van der Waals surface area contributed by atoms with Crippen molar-refractivity contribution in [2.75, 3.05) is 0 Å². The highest BCUT2D eigenvalue weighted by atomic mass is 79.9. The average Bonchev–Trinajstić information content (AvgIpc) is 2.39. The monoisotopic (exact) mass is 244 g/mol. The van der Waals surface area contributed by atoms with E-state index in [1.165, 1.54) is 0 Å². The summed E-state index contributed by atoms with van der Waals surface area (Å²) in [4.78, 5) is 23.0. The molecule has 2 aliphatic carbocycles. The van der Waals surface area contributed by atoms with Crippen molar-refractivity contribution in [3.63, 3.8) is 0 Å². The lowest BCUT2D eigenvalue weighted by Gasteiger charge is -2.37. The molecular formula is C10H13BrO2. The topological polar surface area (TPSA) is 34.1 Å².